The van der Waals surface area contributed by atoms with Crippen molar-refractivity contribution in [2.45, 2.75) is 33.4 Å². The quantitative estimate of drug-likeness (QED) is 0.895. The summed E-state index contributed by atoms with van der Waals surface area (Å²) < 4.78 is 0. The maximum atomic E-state index is 13.1. The van der Waals surface area contributed by atoms with E-state index in [2.05, 4.69) is 24.4 Å². The molecule has 26 heavy (non-hydrogen) atoms. The first-order valence-corrected chi connectivity index (χ1v) is 8.97. The molecule has 1 aliphatic heterocycles. The van der Waals surface area contributed by atoms with Gasteiger partial charge in [0, 0.05) is 36.9 Å². The lowest BCUT2D eigenvalue weighted by Gasteiger charge is -2.27. The van der Waals surface area contributed by atoms with Crippen molar-refractivity contribution >= 4 is 17.6 Å². The number of anilines is 1. The monoisotopic (exact) mass is 351 g/mol. The summed E-state index contributed by atoms with van der Waals surface area (Å²) in [5, 5.41) is 2.79. The van der Waals surface area contributed by atoms with Gasteiger partial charge in [-0.2, -0.15) is 0 Å². The summed E-state index contributed by atoms with van der Waals surface area (Å²) in [6, 6.07) is 15.5. The van der Waals surface area contributed by atoms with Gasteiger partial charge in [0.25, 0.3) is 5.91 Å². The van der Waals surface area contributed by atoms with Gasteiger partial charge < -0.3 is 10.2 Å². The van der Waals surface area contributed by atoms with Gasteiger partial charge in [-0.15, -0.1) is 0 Å². The average Bonchev–Trinajstić information content (AvgIpc) is 3.05. The van der Waals surface area contributed by atoms with E-state index >= 15 is 0 Å². The Morgan fingerprint density at radius 3 is 2.62 bits per heavy atom. The highest BCUT2D eigenvalue weighted by Gasteiger charge is 2.24. The first-order chi connectivity index (χ1) is 12.5. The third kappa shape index (κ3) is 3.87. The van der Waals surface area contributed by atoms with Crippen molar-refractivity contribution in [3.8, 4) is 0 Å². The highest BCUT2D eigenvalue weighted by molar-refractivity contribution is 5.98. The molecular formula is C21H25N3O2. The van der Waals surface area contributed by atoms with Crippen molar-refractivity contribution in [2.75, 3.05) is 18.0 Å². The van der Waals surface area contributed by atoms with Crippen LogP contribution in [-0.4, -0.2) is 36.0 Å². The molecule has 0 aliphatic carbocycles. The Bertz CT molecular complexity index is 816. The zero-order valence-corrected chi connectivity index (χ0v) is 15.5. The highest BCUT2D eigenvalue weighted by Crippen LogP contribution is 2.21. The maximum absolute atomic E-state index is 13.1. The minimum absolute atomic E-state index is 0.0250. The third-order valence-electron chi connectivity index (χ3n) is 4.58. The Morgan fingerprint density at radius 2 is 1.96 bits per heavy atom. The van der Waals surface area contributed by atoms with Gasteiger partial charge in [-0.25, -0.2) is 4.79 Å². The third-order valence-corrected chi connectivity index (χ3v) is 4.58. The molecule has 0 aromatic heterocycles. The normalized spacial score (nSPS) is 13.8. The molecule has 1 saturated heterocycles. The van der Waals surface area contributed by atoms with Gasteiger partial charge in [0.2, 0.25) is 0 Å². The van der Waals surface area contributed by atoms with Crippen LogP contribution in [0.15, 0.2) is 48.5 Å². The smallest absolute Gasteiger partial charge is 0.321 e. The van der Waals surface area contributed by atoms with Crippen molar-refractivity contribution in [1.29, 1.82) is 0 Å². The van der Waals surface area contributed by atoms with Gasteiger partial charge in [0.1, 0.15) is 0 Å². The molecular weight excluding hydrogens is 326 g/mol. The number of aryl methyl sites for hydroxylation is 1. The predicted molar refractivity (Wildman–Crippen MR) is 103 cm³/mol. The number of urea groups is 1. The lowest BCUT2D eigenvalue weighted by atomic mass is 10.1. The zero-order chi connectivity index (χ0) is 18.7. The van der Waals surface area contributed by atoms with E-state index in [1.807, 2.05) is 49.1 Å². The van der Waals surface area contributed by atoms with E-state index < -0.39 is 0 Å². The molecule has 1 aliphatic rings. The van der Waals surface area contributed by atoms with Gasteiger partial charge in [0.05, 0.1) is 0 Å². The Hall–Kier alpha value is -2.82. The first kappa shape index (κ1) is 18.0. The van der Waals surface area contributed by atoms with E-state index in [9.17, 15) is 9.59 Å². The van der Waals surface area contributed by atoms with E-state index in [4.69, 9.17) is 0 Å². The van der Waals surface area contributed by atoms with Crippen LogP contribution in [0.5, 0.6) is 0 Å². The molecule has 0 saturated carbocycles. The van der Waals surface area contributed by atoms with Crippen LogP contribution < -0.4 is 10.2 Å². The van der Waals surface area contributed by atoms with Gasteiger partial charge in [-0.1, -0.05) is 35.9 Å². The van der Waals surface area contributed by atoms with Crippen molar-refractivity contribution in [3.63, 3.8) is 0 Å². The fourth-order valence-corrected chi connectivity index (χ4v) is 3.19. The average molecular weight is 351 g/mol. The van der Waals surface area contributed by atoms with Crippen LogP contribution in [0, 0.1) is 6.92 Å². The van der Waals surface area contributed by atoms with Crippen LogP contribution in [-0.2, 0) is 6.54 Å². The molecule has 3 rings (SSSR count). The molecule has 0 atom stereocenters. The molecule has 2 aromatic carbocycles. The summed E-state index contributed by atoms with van der Waals surface area (Å²) in [5.74, 6) is -0.0250. The maximum Gasteiger partial charge on any atom is 0.321 e. The molecule has 0 radical (unpaired) electrons. The fourth-order valence-electron chi connectivity index (χ4n) is 3.19. The summed E-state index contributed by atoms with van der Waals surface area (Å²) in [4.78, 5) is 28.5. The van der Waals surface area contributed by atoms with E-state index in [-0.39, 0.29) is 18.0 Å². The molecule has 2 aromatic rings. The van der Waals surface area contributed by atoms with Gasteiger partial charge >= 0.3 is 6.03 Å². The molecule has 5 heteroatoms. The summed E-state index contributed by atoms with van der Waals surface area (Å²) >= 11 is 0. The number of nitrogens with zero attached hydrogens (tertiary/aromatic N) is 2. The zero-order valence-electron chi connectivity index (χ0n) is 15.5. The lowest BCUT2D eigenvalue weighted by molar-refractivity contribution is 0.0690. The van der Waals surface area contributed by atoms with Crippen LogP contribution in [0.4, 0.5) is 10.5 Å². The lowest BCUT2D eigenvalue weighted by Crippen LogP contribution is -2.36. The second kappa shape index (κ2) is 7.60. The number of rotatable bonds is 5. The number of amides is 3. The number of nitrogens with one attached hydrogen (secondary N) is 1. The Balaban J connectivity index is 1.84. The van der Waals surface area contributed by atoms with Gasteiger partial charge in [0.15, 0.2) is 0 Å². The van der Waals surface area contributed by atoms with Crippen molar-refractivity contribution in [3.05, 3.63) is 65.2 Å². The predicted octanol–water partition coefficient (Wildman–Crippen LogP) is 3.58. The Labute approximate surface area is 154 Å². The molecule has 5 nitrogen and oxygen atoms in total. The summed E-state index contributed by atoms with van der Waals surface area (Å²) in [6.07, 6.45) is 0. The molecule has 0 spiro atoms. The van der Waals surface area contributed by atoms with Gasteiger partial charge in [-0.05, 0) is 44.5 Å². The van der Waals surface area contributed by atoms with Crippen LogP contribution >= 0.6 is 0 Å². The summed E-state index contributed by atoms with van der Waals surface area (Å²) in [5.41, 5.74) is 3.65. The molecule has 3 amide bonds. The second-order valence-corrected chi connectivity index (χ2v) is 6.95. The number of carbonyl (C=O) groups excluding carboxylic acids is 2. The van der Waals surface area contributed by atoms with Crippen LogP contribution in [0.25, 0.3) is 0 Å². The number of hydrogen-bond donors (Lipinski definition) is 1. The molecule has 0 unspecified atom stereocenters. The molecule has 1 fully saturated rings. The second-order valence-electron chi connectivity index (χ2n) is 6.95. The largest absolute Gasteiger partial charge is 0.336 e. The van der Waals surface area contributed by atoms with Gasteiger partial charge in [-0.3, -0.25) is 9.69 Å². The van der Waals surface area contributed by atoms with E-state index in [1.165, 1.54) is 5.56 Å². The summed E-state index contributed by atoms with van der Waals surface area (Å²) in [7, 11) is 0. The van der Waals surface area contributed by atoms with Crippen molar-refractivity contribution < 1.29 is 9.59 Å². The minimum Gasteiger partial charge on any atom is -0.336 e. The Kier molecular flexibility index (Phi) is 5.26. The van der Waals surface area contributed by atoms with E-state index in [1.54, 1.807) is 11.0 Å². The van der Waals surface area contributed by atoms with E-state index in [0.29, 0.717) is 25.2 Å². The number of carbonyl (C=O) groups is 2. The number of hydrogen-bond acceptors (Lipinski definition) is 2. The van der Waals surface area contributed by atoms with Crippen molar-refractivity contribution in [2.24, 2.45) is 0 Å². The topological polar surface area (TPSA) is 52.7 Å². The minimum atomic E-state index is -0.116. The number of benzene rings is 2. The SMILES string of the molecule is Cc1cccc(CN(C(=O)c2cccc(N3CCNC3=O)c2)C(C)C)c1. The van der Waals surface area contributed by atoms with Crippen LogP contribution in [0.3, 0.4) is 0 Å². The fraction of sp³-hybridized carbons (Fsp3) is 0.333. The molecule has 1 N–H and O–H groups in total. The molecule has 1 heterocycles. The first-order valence-electron chi connectivity index (χ1n) is 8.97. The Morgan fingerprint density at radius 1 is 1.19 bits per heavy atom. The van der Waals surface area contributed by atoms with Crippen molar-refractivity contribution in [1.82, 2.24) is 10.2 Å². The highest BCUT2D eigenvalue weighted by atomic mass is 16.2. The molecule has 136 valence electrons. The summed E-state index contributed by atoms with van der Waals surface area (Å²) in [6.45, 7) is 7.90. The molecule has 0 bridgehead atoms. The van der Waals surface area contributed by atoms with Crippen LogP contribution in [0.2, 0.25) is 0 Å². The van der Waals surface area contributed by atoms with E-state index in [0.717, 1.165) is 11.3 Å². The van der Waals surface area contributed by atoms with Crippen LogP contribution in [0.1, 0.15) is 35.3 Å². The standard InChI is InChI=1S/C21H25N3O2/c1-15(2)24(14-17-7-4-6-16(3)12-17)20(25)18-8-5-9-19(13-18)23-11-10-22-21(23)26/h4-9,12-13,15H,10-11,14H2,1-3H3,(H,22,26).